The third-order valence-electron chi connectivity index (χ3n) is 2.36. The summed E-state index contributed by atoms with van der Waals surface area (Å²) in [5.41, 5.74) is 1.17. The van der Waals surface area contributed by atoms with E-state index in [-0.39, 0.29) is 11.9 Å². The Morgan fingerprint density at radius 1 is 1.31 bits per heavy atom. The molecule has 2 nitrogen and oxygen atoms in total. The first-order chi connectivity index (χ1) is 6.13. The molecule has 0 aromatic heterocycles. The summed E-state index contributed by atoms with van der Waals surface area (Å²) in [7, 11) is 1.82. The third kappa shape index (κ3) is 2.31. The zero-order valence-corrected chi connectivity index (χ0v) is 8.32. The van der Waals surface area contributed by atoms with Crippen LogP contribution in [0.2, 0.25) is 0 Å². The van der Waals surface area contributed by atoms with Crippen LogP contribution in [-0.2, 0) is 4.79 Å². The van der Waals surface area contributed by atoms with Crippen molar-refractivity contribution in [1.82, 2.24) is 4.90 Å². The molecule has 0 heterocycles. The summed E-state index contributed by atoms with van der Waals surface area (Å²) < 4.78 is 0. The van der Waals surface area contributed by atoms with Gasteiger partial charge in [-0.2, -0.15) is 0 Å². The molecule has 1 aromatic rings. The average Bonchev–Trinajstić information content (AvgIpc) is 2.17. The van der Waals surface area contributed by atoms with Gasteiger partial charge in [-0.15, -0.1) is 0 Å². The summed E-state index contributed by atoms with van der Waals surface area (Å²) in [6, 6.07) is 10.2. The lowest BCUT2D eigenvalue weighted by atomic mass is 10.1. The van der Waals surface area contributed by atoms with Crippen molar-refractivity contribution >= 4 is 5.91 Å². The van der Waals surface area contributed by atoms with Crippen LogP contribution in [0.15, 0.2) is 30.3 Å². The Morgan fingerprint density at radius 2 is 1.85 bits per heavy atom. The van der Waals surface area contributed by atoms with Gasteiger partial charge in [-0.1, -0.05) is 30.3 Å². The molecule has 0 bridgehead atoms. The van der Waals surface area contributed by atoms with Crippen molar-refractivity contribution in [2.75, 3.05) is 7.05 Å². The number of rotatable bonds is 2. The zero-order valence-electron chi connectivity index (χ0n) is 8.32. The third-order valence-corrected chi connectivity index (χ3v) is 2.36. The number of amides is 1. The van der Waals surface area contributed by atoms with E-state index in [0.29, 0.717) is 0 Å². The van der Waals surface area contributed by atoms with E-state index < -0.39 is 0 Å². The summed E-state index contributed by atoms with van der Waals surface area (Å²) in [5, 5.41) is 0. The number of benzene rings is 1. The second-order valence-corrected chi connectivity index (χ2v) is 3.22. The molecule has 0 saturated heterocycles. The molecule has 13 heavy (non-hydrogen) atoms. The maximum absolute atomic E-state index is 11.1. The molecule has 1 rings (SSSR count). The molecular weight excluding hydrogens is 162 g/mol. The number of hydrogen-bond acceptors (Lipinski definition) is 1. The molecule has 0 aliphatic rings. The van der Waals surface area contributed by atoms with Crippen LogP contribution in [0.4, 0.5) is 0 Å². The normalized spacial score (nSPS) is 12.2. The zero-order chi connectivity index (χ0) is 9.84. The molecule has 0 fully saturated rings. The largest absolute Gasteiger partial charge is 0.339 e. The second-order valence-electron chi connectivity index (χ2n) is 3.22. The van der Waals surface area contributed by atoms with Crippen LogP contribution in [0.3, 0.4) is 0 Å². The van der Waals surface area contributed by atoms with Gasteiger partial charge in [0.05, 0.1) is 6.04 Å². The SMILES string of the molecule is CC(=O)N(C)[C@@H](C)c1ccccc1. The van der Waals surface area contributed by atoms with Crippen molar-refractivity contribution in [3.05, 3.63) is 35.9 Å². The molecule has 0 unspecified atom stereocenters. The van der Waals surface area contributed by atoms with E-state index in [9.17, 15) is 4.79 Å². The monoisotopic (exact) mass is 177 g/mol. The predicted molar refractivity (Wildman–Crippen MR) is 53.3 cm³/mol. The van der Waals surface area contributed by atoms with Gasteiger partial charge in [-0.3, -0.25) is 4.79 Å². The molecule has 0 aliphatic heterocycles. The van der Waals surface area contributed by atoms with Crippen LogP contribution in [0.5, 0.6) is 0 Å². The molecule has 0 N–H and O–H groups in total. The quantitative estimate of drug-likeness (QED) is 0.678. The van der Waals surface area contributed by atoms with E-state index in [1.807, 2.05) is 44.3 Å². The van der Waals surface area contributed by atoms with Crippen molar-refractivity contribution in [2.45, 2.75) is 19.9 Å². The Balaban J connectivity index is 2.79. The molecule has 0 radical (unpaired) electrons. The van der Waals surface area contributed by atoms with Gasteiger partial charge >= 0.3 is 0 Å². The average molecular weight is 177 g/mol. The van der Waals surface area contributed by atoms with Gasteiger partial charge in [0.25, 0.3) is 0 Å². The van der Waals surface area contributed by atoms with Crippen LogP contribution in [0, 0.1) is 0 Å². The highest BCUT2D eigenvalue weighted by Crippen LogP contribution is 2.17. The van der Waals surface area contributed by atoms with E-state index in [1.54, 1.807) is 11.8 Å². The lowest BCUT2D eigenvalue weighted by Crippen LogP contribution is -2.26. The van der Waals surface area contributed by atoms with Crippen molar-refractivity contribution in [2.24, 2.45) is 0 Å². The maximum atomic E-state index is 11.1. The van der Waals surface area contributed by atoms with Crippen LogP contribution >= 0.6 is 0 Å². The van der Waals surface area contributed by atoms with Crippen LogP contribution < -0.4 is 0 Å². The Labute approximate surface area is 79.2 Å². The fourth-order valence-corrected chi connectivity index (χ4v) is 1.23. The summed E-state index contributed by atoms with van der Waals surface area (Å²) in [6.07, 6.45) is 0. The van der Waals surface area contributed by atoms with Crippen molar-refractivity contribution < 1.29 is 4.79 Å². The minimum absolute atomic E-state index is 0.0938. The molecule has 1 aromatic carbocycles. The van der Waals surface area contributed by atoms with Gasteiger partial charge in [-0.25, -0.2) is 0 Å². The van der Waals surface area contributed by atoms with Gasteiger partial charge in [0.2, 0.25) is 5.91 Å². The maximum Gasteiger partial charge on any atom is 0.219 e. The number of hydrogen-bond donors (Lipinski definition) is 0. The smallest absolute Gasteiger partial charge is 0.219 e. The van der Waals surface area contributed by atoms with Crippen LogP contribution in [-0.4, -0.2) is 17.9 Å². The van der Waals surface area contributed by atoms with E-state index in [4.69, 9.17) is 0 Å². The second kappa shape index (κ2) is 4.08. The van der Waals surface area contributed by atoms with Gasteiger partial charge in [0.15, 0.2) is 0 Å². The Morgan fingerprint density at radius 3 is 2.31 bits per heavy atom. The lowest BCUT2D eigenvalue weighted by molar-refractivity contribution is -0.129. The van der Waals surface area contributed by atoms with Gasteiger partial charge < -0.3 is 4.90 Å². The fourth-order valence-electron chi connectivity index (χ4n) is 1.23. The highest BCUT2D eigenvalue weighted by atomic mass is 16.2. The molecule has 1 atom stereocenters. The molecule has 0 aliphatic carbocycles. The van der Waals surface area contributed by atoms with E-state index in [2.05, 4.69) is 0 Å². The first kappa shape index (κ1) is 9.78. The van der Waals surface area contributed by atoms with E-state index >= 15 is 0 Å². The van der Waals surface area contributed by atoms with Gasteiger partial charge in [-0.05, 0) is 12.5 Å². The minimum atomic E-state index is 0.0938. The van der Waals surface area contributed by atoms with Gasteiger partial charge in [0.1, 0.15) is 0 Å². The summed E-state index contributed by atoms with van der Waals surface area (Å²) in [5.74, 6) is 0.0938. The highest BCUT2D eigenvalue weighted by molar-refractivity contribution is 5.73. The van der Waals surface area contributed by atoms with Crippen molar-refractivity contribution in [1.29, 1.82) is 0 Å². The highest BCUT2D eigenvalue weighted by Gasteiger charge is 2.12. The molecule has 70 valence electrons. The molecule has 2 heteroatoms. The number of nitrogens with zero attached hydrogens (tertiary/aromatic N) is 1. The number of carbonyl (C=O) groups excluding carboxylic acids is 1. The van der Waals surface area contributed by atoms with E-state index in [0.717, 1.165) is 0 Å². The topological polar surface area (TPSA) is 20.3 Å². The Bertz CT molecular complexity index is 281. The van der Waals surface area contributed by atoms with Crippen molar-refractivity contribution in [3.8, 4) is 0 Å². The van der Waals surface area contributed by atoms with Crippen LogP contribution in [0.25, 0.3) is 0 Å². The minimum Gasteiger partial charge on any atom is -0.339 e. The van der Waals surface area contributed by atoms with Crippen LogP contribution in [0.1, 0.15) is 25.5 Å². The summed E-state index contributed by atoms with van der Waals surface area (Å²) >= 11 is 0. The summed E-state index contributed by atoms with van der Waals surface area (Å²) in [6.45, 7) is 3.61. The Hall–Kier alpha value is -1.31. The first-order valence-corrected chi connectivity index (χ1v) is 4.41. The first-order valence-electron chi connectivity index (χ1n) is 4.41. The molecule has 0 saturated carbocycles. The molecule has 0 spiro atoms. The predicted octanol–water partition coefficient (Wildman–Crippen LogP) is 2.23. The van der Waals surface area contributed by atoms with Crippen molar-refractivity contribution in [3.63, 3.8) is 0 Å². The molecule has 1 amide bonds. The van der Waals surface area contributed by atoms with Gasteiger partial charge in [0, 0.05) is 14.0 Å². The molecular formula is C11H15NO. The Kier molecular flexibility index (Phi) is 3.07. The van der Waals surface area contributed by atoms with E-state index in [1.165, 1.54) is 5.56 Å². The lowest BCUT2D eigenvalue weighted by Gasteiger charge is -2.23. The standard InChI is InChI=1S/C11H15NO/c1-9(12(3)10(2)13)11-7-5-4-6-8-11/h4-9H,1-3H3/t9-/m0/s1. The summed E-state index contributed by atoms with van der Waals surface area (Å²) in [4.78, 5) is 12.8. The fraction of sp³-hybridized carbons (Fsp3) is 0.364. The number of carbonyl (C=O) groups is 1.